The van der Waals surface area contributed by atoms with E-state index in [2.05, 4.69) is 149 Å². The predicted molar refractivity (Wildman–Crippen MR) is 170 cm³/mol. The normalized spacial score (nSPS) is 12.4. The van der Waals surface area contributed by atoms with Crippen LogP contribution in [0.5, 0.6) is 5.75 Å². The van der Waals surface area contributed by atoms with E-state index in [0.29, 0.717) is 6.61 Å². The molecule has 186 valence electrons. The third-order valence-electron chi connectivity index (χ3n) is 7.10. The number of aryl methyl sites for hydroxylation is 1. The van der Waals surface area contributed by atoms with Crippen LogP contribution >= 0.6 is 26.3 Å². The van der Waals surface area contributed by atoms with E-state index in [1.807, 2.05) is 18.2 Å². The minimum absolute atomic E-state index is 0.592. The molecular formula is C34H32IOP. The summed E-state index contributed by atoms with van der Waals surface area (Å²) >= 11 is 2.88. The number of rotatable bonds is 10. The van der Waals surface area contributed by atoms with Crippen LogP contribution in [0.2, 0.25) is 0 Å². The Morgan fingerprint density at radius 2 is 0.919 bits per heavy atom. The maximum atomic E-state index is 6.00. The Kier molecular flexibility index (Phi) is 8.08. The Balaban J connectivity index is 1.40. The molecule has 0 saturated carbocycles. The molecule has 0 unspecified atom stereocenters. The second-order valence-electron chi connectivity index (χ2n) is 9.43. The van der Waals surface area contributed by atoms with Crippen molar-refractivity contribution in [3.63, 3.8) is 0 Å². The number of hydrogen-bond donors (Lipinski definition) is 0. The van der Waals surface area contributed by atoms with E-state index in [-0.39, 0.29) is 0 Å². The van der Waals surface area contributed by atoms with E-state index in [9.17, 15) is 0 Å². The summed E-state index contributed by atoms with van der Waals surface area (Å²) in [6.45, 7) is 0.592. The Bertz CT molecular complexity index is 1290. The zero-order valence-corrected chi connectivity index (χ0v) is 24.0. The zero-order chi connectivity index (χ0) is 25.4. The van der Waals surface area contributed by atoms with Crippen molar-refractivity contribution in [1.82, 2.24) is 0 Å². The monoisotopic (exact) mass is 614 g/mol. The van der Waals surface area contributed by atoms with Gasteiger partial charge in [-0.15, -0.1) is 0 Å². The van der Waals surface area contributed by atoms with Gasteiger partial charge in [0, 0.05) is 0 Å². The SMILES string of the molecule is IP(CCCc1ccc(OCc2ccccc2)cc1)(c1ccccc1)(c1ccccc1)c1ccccc1. The molecule has 0 atom stereocenters. The summed E-state index contributed by atoms with van der Waals surface area (Å²) in [4.78, 5) is 0. The molecule has 5 aromatic rings. The third-order valence-corrected chi connectivity index (χ3v) is 18.8. The van der Waals surface area contributed by atoms with Crippen molar-refractivity contribution in [2.45, 2.75) is 19.4 Å². The third kappa shape index (κ3) is 5.51. The molecule has 0 heterocycles. The van der Waals surface area contributed by atoms with Crippen molar-refractivity contribution in [2.24, 2.45) is 0 Å². The Morgan fingerprint density at radius 3 is 1.38 bits per heavy atom. The van der Waals surface area contributed by atoms with Gasteiger partial charge in [-0.2, -0.15) is 0 Å². The molecule has 0 aliphatic rings. The van der Waals surface area contributed by atoms with Gasteiger partial charge in [-0.1, -0.05) is 6.07 Å². The molecule has 0 aliphatic carbocycles. The number of benzene rings is 5. The van der Waals surface area contributed by atoms with Gasteiger partial charge in [0.15, 0.2) is 0 Å². The summed E-state index contributed by atoms with van der Waals surface area (Å²) in [5.74, 6) is 0.916. The van der Waals surface area contributed by atoms with Crippen LogP contribution in [0, 0.1) is 0 Å². The van der Waals surface area contributed by atoms with Crippen molar-refractivity contribution in [3.05, 3.63) is 157 Å². The van der Waals surface area contributed by atoms with Gasteiger partial charge in [0.2, 0.25) is 0 Å². The van der Waals surface area contributed by atoms with Crippen LogP contribution in [-0.4, -0.2) is 6.16 Å². The molecule has 0 fully saturated rings. The van der Waals surface area contributed by atoms with Crippen molar-refractivity contribution in [2.75, 3.05) is 6.16 Å². The van der Waals surface area contributed by atoms with E-state index >= 15 is 0 Å². The first-order chi connectivity index (χ1) is 18.2. The van der Waals surface area contributed by atoms with E-state index in [1.54, 1.807) is 0 Å². The van der Waals surface area contributed by atoms with Gasteiger partial charge in [0.05, 0.1) is 0 Å². The van der Waals surface area contributed by atoms with Crippen LogP contribution in [0.4, 0.5) is 0 Å². The quantitative estimate of drug-likeness (QED) is 0.114. The van der Waals surface area contributed by atoms with Crippen LogP contribution < -0.4 is 20.7 Å². The molecule has 0 radical (unpaired) electrons. The minimum atomic E-state index is -2.71. The van der Waals surface area contributed by atoms with E-state index < -0.39 is 4.25 Å². The maximum absolute atomic E-state index is 6.00. The fraction of sp³-hybridized carbons (Fsp3) is 0.118. The molecule has 0 saturated heterocycles. The number of hydrogen-bond acceptors (Lipinski definition) is 1. The summed E-state index contributed by atoms with van der Waals surface area (Å²) < 4.78 is 3.29. The van der Waals surface area contributed by atoms with Gasteiger partial charge in [-0.25, -0.2) is 0 Å². The molecule has 0 bridgehead atoms. The summed E-state index contributed by atoms with van der Waals surface area (Å²) in [7, 11) is 0. The first-order valence-electron chi connectivity index (χ1n) is 12.8. The van der Waals surface area contributed by atoms with Crippen LogP contribution in [0.3, 0.4) is 0 Å². The first kappa shape index (κ1) is 25.7. The van der Waals surface area contributed by atoms with Crippen LogP contribution in [-0.2, 0) is 13.0 Å². The molecule has 3 heteroatoms. The molecule has 37 heavy (non-hydrogen) atoms. The first-order valence-corrected chi connectivity index (χ1v) is 18.0. The summed E-state index contributed by atoms with van der Waals surface area (Å²) in [5, 5.41) is 4.32. The van der Waals surface area contributed by atoms with Crippen LogP contribution in [0.1, 0.15) is 17.5 Å². The second-order valence-corrected chi connectivity index (χ2v) is 20.2. The van der Waals surface area contributed by atoms with Crippen molar-refractivity contribution in [3.8, 4) is 5.75 Å². The summed E-state index contributed by atoms with van der Waals surface area (Å²) in [6, 6.07) is 52.5. The topological polar surface area (TPSA) is 9.23 Å². The van der Waals surface area contributed by atoms with Crippen molar-refractivity contribution in [1.29, 1.82) is 0 Å². The van der Waals surface area contributed by atoms with E-state index in [4.69, 9.17) is 4.74 Å². The van der Waals surface area contributed by atoms with Crippen molar-refractivity contribution >= 4 is 42.2 Å². The number of ether oxygens (including phenoxy) is 1. The molecule has 1 nitrogen and oxygen atoms in total. The van der Waals surface area contributed by atoms with Crippen LogP contribution in [0.25, 0.3) is 0 Å². The van der Waals surface area contributed by atoms with E-state index in [0.717, 1.165) is 24.8 Å². The molecule has 5 rings (SSSR count). The Labute approximate surface area is 234 Å². The van der Waals surface area contributed by atoms with E-state index in [1.165, 1.54) is 27.0 Å². The molecule has 0 spiro atoms. The molecular weight excluding hydrogens is 582 g/mol. The predicted octanol–water partition coefficient (Wildman–Crippen LogP) is 8.08. The summed E-state index contributed by atoms with van der Waals surface area (Å²) in [5.41, 5.74) is 2.53. The Hall–Kier alpha value is -2.94. The second kappa shape index (κ2) is 11.6. The van der Waals surface area contributed by atoms with Gasteiger partial charge in [-0.3, -0.25) is 0 Å². The van der Waals surface area contributed by atoms with Crippen LogP contribution in [0.15, 0.2) is 146 Å². The number of halogens is 1. The van der Waals surface area contributed by atoms with Gasteiger partial charge < -0.3 is 0 Å². The van der Waals surface area contributed by atoms with Gasteiger partial charge in [-0.05, 0) is 0 Å². The molecule has 0 amide bonds. The van der Waals surface area contributed by atoms with Gasteiger partial charge in [0.25, 0.3) is 0 Å². The average molecular weight is 615 g/mol. The summed E-state index contributed by atoms with van der Waals surface area (Å²) in [6.07, 6.45) is 3.24. The van der Waals surface area contributed by atoms with Gasteiger partial charge >= 0.3 is 229 Å². The molecule has 0 aromatic heterocycles. The molecule has 5 aromatic carbocycles. The average Bonchev–Trinajstić information content (AvgIpc) is 2.99. The molecule has 0 N–H and O–H groups in total. The fourth-order valence-corrected chi connectivity index (χ4v) is 13.8. The van der Waals surface area contributed by atoms with Crippen molar-refractivity contribution < 1.29 is 4.74 Å². The fourth-order valence-electron chi connectivity index (χ4n) is 5.12. The standard InChI is InChI=1S/C34H32IOP/c35-37(32-17-7-2-8-18-32,33-19-9-3-10-20-33,34-21-11-4-12-22-34)27-13-16-29-23-25-31(26-24-29)36-28-30-14-5-1-6-15-30/h1-12,14-15,17-26H,13,16,27-28H2. The van der Waals surface area contributed by atoms with Gasteiger partial charge in [0.1, 0.15) is 0 Å². The zero-order valence-electron chi connectivity index (χ0n) is 20.9. The Morgan fingerprint density at radius 1 is 0.486 bits per heavy atom. The molecule has 0 aliphatic heterocycles.